The van der Waals surface area contributed by atoms with E-state index in [9.17, 15) is 4.79 Å². The molecule has 0 spiro atoms. The lowest BCUT2D eigenvalue weighted by atomic mass is 9.76. The lowest BCUT2D eigenvalue weighted by Crippen LogP contribution is -2.63. The van der Waals surface area contributed by atoms with Crippen LogP contribution >= 0.6 is 0 Å². The van der Waals surface area contributed by atoms with Crippen molar-refractivity contribution >= 4 is 29.0 Å². The number of anilines is 4. The number of benzene rings is 1. The minimum atomic E-state index is -0.525. The largest absolute Gasteiger partial charge is 0.495 e. The Hall–Kier alpha value is -2.91. The molecular weight excluding hydrogens is 574 g/mol. The Balaban J connectivity index is 1.44. The van der Waals surface area contributed by atoms with Crippen molar-refractivity contribution in [2.24, 2.45) is 5.41 Å². The van der Waals surface area contributed by atoms with Crippen LogP contribution in [0.5, 0.6) is 5.75 Å². The second-order valence-corrected chi connectivity index (χ2v) is 16.3. The number of ether oxygens (including phenoxy) is 1. The van der Waals surface area contributed by atoms with E-state index in [1.165, 1.54) is 18.4 Å². The number of piperidine rings is 1. The van der Waals surface area contributed by atoms with E-state index in [1.54, 1.807) is 18.2 Å². The molecule has 9 heteroatoms. The first kappa shape index (κ1) is 34.4. The molecule has 1 aliphatic carbocycles. The number of hydrogen-bond donors (Lipinski definition) is 2. The van der Waals surface area contributed by atoms with Crippen LogP contribution in [-0.2, 0) is 10.3 Å². The van der Waals surface area contributed by atoms with Crippen LogP contribution in [0.25, 0.3) is 0 Å². The molecule has 46 heavy (non-hydrogen) atoms. The van der Waals surface area contributed by atoms with Gasteiger partial charge >= 0.3 is 0 Å². The van der Waals surface area contributed by atoms with Gasteiger partial charge in [-0.25, -0.2) is 4.98 Å². The van der Waals surface area contributed by atoms with Crippen molar-refractivity contribution in [1.29, 1.82) is 0 Å². The number of rotatable bonds is 9. The number of fused-ring (bicyclic) bond motifs is 1. The van der Waals surface area contributed by atoms with Crippen molar-refractivity contribution in [3.8, 4) is 5.75 Å². The minimum Gasteiger partial charge on any atom is -0.495 e. The first-order valence-electron chi connectivity index (χ1n) is 17.4. The number of carbonyl (C=O) groups is 1. The fourth-order valence-corrected chi connectivity index (χ4v) is 8.51. The fraction of sp³-hybridized carbons (Fsp3) is 0.703. The van der Waals surface area contributed by atoms with Gasteiger partial charge in [-0.2, -0.15) is 4.98 Å². The molecule has 1 unspecified atom stereocenters. The number of nitrogens with one attached hydrogen (secondary N) is 2. The van der Waals surface area contributed by atoms with Crippen LogP contribution in [-0.4, -0.2) is 71.7 Å². The van der Waals surface area contributed by atoms with Gasteiger partial charge in [-0.15, -0.1) is 0 Å². The fourth-order valence-electron chi connectivity index (χ4n) is 8.51. The van der Waals surface area contributed by atoms with E-state index in [2.05, 4.69) is 87.2 Å². The number of carbonyl (C=O) groups excluding carboxylic acids is 1. The molecule has 5 rings (SSSR count). The average molecular weight is 634 g/mol. The van der Waals surface area contributed by atoms with Crippen LogP contribution < -0.4 is 25.2 Å². The Morgan fingerprint density at radius 3 is 2.30 bits per heavy atom. The maximum atomic E-state index is 13.4. The third-order valence-corrected chi connectivity index (χ3v) is 11.3. The standard InChI is InChI=1S/C37H59N7O2/c1-12-19-37(8,41-26-21-35(4,5)43(10)36(6,7)22-26)25-17-18-28(30(20-25)46-11)39-33-38-23-29-31(40-33)44(27-15-13-14-16-27)24-34(2,3)32(45)42(29)9/h17-18,20,23,26-27,41H,12-16,19,21-22,24H2,1-11H3,(H,38,39,40). The lowest BCUT2D eigenvalue weighted by Gasteiger charge is -2.55. The second-order valence-electron chi connectivity index (χ2n) is 16.3. The summed E-state index contributed by atoms with van der Waals surface area (Å²) >= 11 is 0. The van der Waals surface area contributed by atoms with Gasteiger partial charge in [-0.1, -0.05) is 32.3 Å². The lowest BCUT2D eigenvalue weighted by molar-refractivity contribution is -0.125. The molecule has 0 radical (unpaired) electrons. The van der Waals surface area contributed by atoms with Gasteiger partial charge in [0, 0.05) is 42.3 Å². The van der Waals surface area contributed by atoms with Gasteiger partial charge in [0.05, 0.1) is 24.4 Å². The topological polar surface area (TPSA) is 85.9 Å². The Kier molecular flexibility index (Phi) is 9.43. The van der Waals surface area contributed by atoms with E-state index in [0.717, 1.165) is 61.5 Å². The van der Waals surface area contributed by atoms with Crippen LogP contribution in [0.1, 0.15) is 112 Å². The molecule has 1 amide bonds. The first-order valence-corrected chi connectivity index (χ1v) is 17.4. The first-order chi connectivity index (χ1) is 21.5. The SMILES string of the molecule is CCCC(C)(NC1CC(C)(C)N(C)C(C)(C)C1)c1ccc(Nc2ncc3c(n2)N(C2CCCC2)CC(C)(C)C(=O)N3C)c(OC)c1. The van der Waals surface area contributed by atoms with Crippen LogP contribution in [0.2, 0.25) is 0 Å². The van der Waals surface area contributed by atoms with Gasteiger partial charge < -0.3 is 25.2 Å². The summed E-state index contributed by atoms with van der Waals surface area (Å²) in [6, 6.07) is 7.24. The molecule has 254 valence electrons. The number of amides is 1. The summed E-state index contributed by atoms with van der Waals surface area (Å²) in [7, 11) is 5.82. The molecular formula is C37H59N7O2. The molecule has 2 aliphatic heterocycles. The van der Waals surface area contributed by atoms with Gasteiger partial charge in [0.25, 0.3) is 0 Å². The van der Waals surface area contributed by atoms with Crippen molar-refractivity contribution in [3.05, 3.63) is 30.0 Å². The molecule has 2 aromatic rings. The number of hydrogen-bond acceptors (Lipinski definition) is 8. The van der Waals surface area contributed by atoms with Gasteiger partial charge in [0.2, 0.25) is 11.9 Å². The van der Waals surface area contributed by atoms with Crippen LogP contribution in [0.4, 0.5) is 23.1 Å². The smallest absolute Gasteiger partial charge is 0.234 e. The van der Waals surface area contributed by atoms with Crippen LogP contribution in [0, 0.1) is 5.41 Å². The van der Waals surface area contributed by atoms with E-state index >= 15 is 0 Å². The second kappa shape index (κ2) is 12.6. The molecule has 2 fully saturated rings. The Morgan fingerprint density at radius 1 is 1.04 bits per heavy atom. The molecule has 0 bridgehead atoms. The maximum absolute atomic E-state index is 13.4. The summed E-state index contributed by atoms with van der Waals surface area (Å²) in [5.74, 6) is 2.17. The molecule has 3 heterocycles. The number of methoxy groups -OCH3 is 1. The molecule has 9 nitrogen and oxygen atoms in total. The highest BCUT2D eigenvalue weighted by Crippen LogP contribution is 2.42. The predicted octanol–water partition coefficient (Wildman–Crippen LogP) is 7.24. The quantitative estimate of drug-likeness (QED) is 0.299. The third-order valence-electron chi connectivity index (χ3n) is 11.3. The maximum Gasteiger partial charge on any atom is 0.234 e. The number of likely N-dealkylation sites (tertiary alicyclic amines) is 1. The summed E-state index contributed by atoms with van der Waals surface area (Å²) in [4.78, 5) is 29.8. The molecule has 1 aromatic heterocycles. The Labute approximate surface area is 277 Å². The van der Waals surface area contributed by atoms with Crippen molar-refractivity contribution in [3.63, 3.8) is 0 Å². The zero-order valence-corrected chi connectivity index (χ0v) is 30.4. The molecule has 1 saturated heterocycles. The van der Waals surface area contributed by atoms with Crippen LogP contribution in [0.3, 0.4) is 0 Å². The van der Waals surface area contributed by atoms with E-state index < -0.39 is 5.41 Å². The van der Waals surface area contributed by atoms with E-state index in [0.29, 0.717) is 24.6 Å². The van der Waals surface area contributed by atoms with Crippen molar-refractivity contribution in [2.75, 3.05) is 42.9 Å². The average Bonchev–Trinajstić information content (AvgIpc) is 3.51. The predicted molar refractivity (Wildman–Crippen MR) is 189 cm³/mol. The number of aromatic nitrogens is 2. The zero-order valence-electron chi connectivity index (χ0n) is 30.4. The number of nitrogens with zero attached hydrogens (tertiary/aromatic N) is 5. The monoisotopic (exact) mass is 633 g/mol. The van der Waals surface area contributed by atoms with Crippen LogP contribution in [0.15, 0.2) is 24.4 Å². The molecule has 2 N–H and O–H groups in total. The van der Waals surface area contributed by atoms with E-state index in [-0.39, 0.29) is 22.5 Å². The highest BCUT2D eigenvalue weighted by atomic mass is 16.5. The molecule has 1 aromatic carbocycles. The van der Waals surface area contributed by atoms with Crippen molar-refractivity contribution in [1.82, 2.24) is 20.2 Å². The molecule has 3 aliphatic rings. The van der Waals surface area contributed by atoms with Gasteiger partial charge in [-0.05, 0) is 105 Å². The third kappa shape index (κ3) is 6.59. The van der Waals surface area contributed by atoms with E-state index in [1.807, 2.05) is 20.9 Å². The highest BCUT2D eigenvalue weighted by Gasteiger charge is 2.45. The Bertz CT molecular complexity index is 1400. The normalized spacial score (nSPS) is 23.2. The van der Waals surface area contributed by atoms with Gasteiger partial charge in [0.1, 0.15) is 11.4 Å². The summed E-state index contributed by atoms with van der Waals surface area (Å²) in [5.41, 5.74) is 2.27. The van der Waals surface area contributed by atoms with Crippen molar-refractivity contribution < 1.29 is 9.53 Å². The summed E-state index contributed by atoms with van der Waals surface area (Å²) in [5, 5.41) is 7.59. The molecule has 1 atom stereocenters. The summed E-state index contributed by atoms with van der Waals surface area (Å²) < 4.78 is 5.98. The summed E-state index contributed by atoms with van der Waals surface area (Å²) in [6.45, 7) is 18.7. The highest BCUT2D eigenvalue weighted by molar-refractivity contribution is 6.00. The minimum absolute atomic E-state index is 0.0897. The summed E-state index contributed by atoms with van der Waals surface area (Å²) in [6.07, 6.45) is 10.7. The van der Waals surface area contributed by atoms with Gasteiger partial charge in [0.15, 0.2) is 5.82 Å². The Morgan fingerprint density at radius 2 is 1.70 bits per heavy atom. The van der Waals surface area contributed by atoms with Gasteiger partial charge in [-0.3, -0.25) is 9.69 Å². The van der Waals surface area contributed by atoms with Crippen molar-refractivity contribution in [2.45, 2.75) is 135 Å². The molecule has 1 saturated carbocycles. The zero-order chi connectivity index (χ0) is 33.7. The van der Waals surface area contributed by atoms with E-state index in [4.69, 9.17) is 14.7 Å².